The van der Waals surface area contributed by atoms with E-state index < -0.39 is 0 Å². The monoisotopic (exact) mass is 433 g/mol. The molecule has 0 atom stereocenters. The number of hydrogen-bond donors (Lipinski definition) is 0. The zero-order valence-corrected chi connectivity index (χ0v) is 16.2. The van der Waals surface area contributed by atoms with E-state index in [2.05, 4.69) is 25.8 Å². The Bertz CT molecular complexity index is 1100. The summed E-state index contributed by atoms with van der Waals surface area (Å²) in [6.07, 6.45) is 1.86. The summed E-state index contributed by atoms with van der Waals surface area (Å²) in [5, 5.41) is 0.654. The smallest absolute Gasteiger partial charge is 0.271 e. The first-order chi connectivity index (χ1) is 12.1. The molecule has 1 aliphatic heterocycles. The average molecular weight is 435 g/mol. The van der Waals surface area contributed by atoms with Crippen LogP contribution < -0.4 is 19.8 Å². The van der Waals surface area contributed by atoms with Crippen molar-refractivity contribution in [2.24, 2.45) is 4.99 Å². The normalized spacial score (nSPS) is 14.3. The van der Waals surface area contributed by atoms with Gasteiger partial charge in [-0.2, -0.15) is 0 Å². The number of rotatable bonds is 2. The summed E-state index contributed by atoms with van der Waals surface area (Å²) in [4.78, 5) is 20.1. The van der Waals surface area contributed by atoms with Crippen molar-refractivity contribution in [3.05, 3.63) is 83.3 Å². The average Bonchev–Trinajstić information content (AvgIpc) is 2.91. The fraction of sp³-hybridized carbons (Fsp3) is 0.111. The molecular weight excluding hydrogens is 422 g/mol. The molecule has 2 aromatic carbocycles. The second-order valence-electron chi connectivity index (χ2n) is 5.64. The van der Waals surface area contributed by atoms with Crippen LogP contribution in [0.15, 0.2) is 62.8 Å². The lowest BCUT2D eigenvalue weighted by molar-refractivity contribution is 0.569. The fourth-order valence-corrected chi connectivity index (χ4v) is 4.10. The van der Waals surface area contributed by atoms with Crippen molar-refractivity contribution in [1.29, 1.82) is 0 Å². The Morgan fingerprint density at radius 2 is 2.00 bits per heavy atom. The molecule has 0 N–H and O–H groups in total. The lowest BCUT2D eigenvalue weighted by Crippen LogP contribution is -2.42. The van der Waals surface area contributed by atoms with Crippen LogP contribution in [0.25, 0.3) is 6.08 Å². The number of aromatic nitrogens is 1. The molecule has 0 aliphatic carbocycles. The third-order valence-corrected chi connectivity index (χ3v) is 5.72. The van der Waals surface area contributed by atoms with Gasteiger partial charge < -0.3 is 4.90 Å². The Kier molecular flexibility index (Phi) is 4.50. The van der Waals surface area contributed by atoms with E-state index in [4.69, 9.17) is 11.6 Å². The number of fused-ring (bicyclic) bond motifs is 1. The summed E-state index contributed by atoms with van der Waals surface area (Å²) in [7, 11) is 0. The first-order valence-electron chi connectivity index (χ1n) is 7.62. The molecule has 1 aliphatic rings. The molecule has 7 heteroatoms. The molecule has 126 valence electrons. The Labute approximate surface area is 161 Å². The largest absolute Gasteiger partial charge is 0.334 e. The van der Waals surface area contributed by atoms with Gasteiger partial charge in [-0.1, -0.05) is 51.0 Å². The predicted molar refractivity (Wildman–Crippen MR) is 106 cm³/mol. The van der Waals surface area contributed by atoms with Gasteiger partial charge in [0.2, 0.25) is 0 Å². The molecular formula is C18H13BrClN3OS. The van der Waals surface area contributed by atoms with Crippen LogP contribution in [0.1, 0.15) is 5.56 Å². The van der Waals surface area contributed by atoms with Gasteiger partial charge in [-0.3, -0.25) is 9.36 Å². The Morgan fingerprint density at radius 3 is 2.76 bits per heavy atom. The molecule has 2 heterocycles. The number of halogens is 2. The molecule has 1 aromatic heterocycles. The zero-order chi connectivity index (χ0) is 17.4. The summed E-state index contributed by atoms with van der Waals surface area (Å²) in [5.41, 5.74) is 1.93. The molecule has 4 rings (SSSR count). The van der Waals surface area contributed by atoms with Crippen LogP contribution in [0, 0.1) is 0 Å². The van der Waals surface area contributed by atoms with Gasteiger partial charge in [0, 0.05) is 15.2 Å². The van der Waals surface area contributed by atoms with E-state index in [0.717, 1.165) is 20.5 Å². The van der Waals surface area contributed by atoms with Crippen LogP contribution in [-0.4, -0.2) is 11.2 Å². The molecule has 0 bridgehead atoms. The maximum atomic E-state index is 12.7. The summed E-state index contributed by atoms with van der Waals surface area (Å²) in [6, 6.07) is 15.5. The van der Waals surface area contributed by atoms with Crippen molar-refractivity contribution < 1.29 is 0 Å². The van der Waals surface area contributed by atoms with Gasteiger partial charge in [0.1, 0.15) is 13.3 Å². The number of benzene rings is 2. The van der Waals surface area contributed by atoms with Crippen LogP contribution in [0.2, 0.25) is 5.02 Å². The molecule has 0 saturated carbocycles. The summed E-state index contributed by atoms with van der Waals surface area (Å²) in [5.74, 6) is 0. The van der Waals surface area contributed by atoms with E-state index >= 15 is 0 Å². The molecule has 0 spiro atoms. The molecule has 4 nitrogen and oxygen atoms in total. The minimum atomic E-state index is -0.0227. The fourth-order valence-electron chi connectivity index (χ4n) is 2.67. The van der Waals surface area contributed by atoms with Gasteiger partial charge >= 0.3 is 0 Å². The van der Waals surface area contributed by atoms with Gasteiger partial charge in [-0.25, -0.2) is 4.99 Å². The number of thiazole rings is 1. The lowest BCUT2D eigenvalue weighted by Gasteiger charge is -2.25. The first kappa shape index (κ1) is 16.6. The van der Waals surface area contributed by atoms with E-state index in [1.54, 1.807) is 4.57 Å². The Balaban J connectivity index is 1.71. The van der Waals surface area contributed by atoms with Gasteiger partial charge in [0.25, 0.3) is 5.56 Å². The number of nitrogens with zero attached hydrogens (tertiary/aromatic N) is 3. The van der Waals surface area contributed by atoms with Crippen molar-refractivity contribution in [1.82, 2.24) is 4.57 Å². The molecule has 0 fully saturated rings. The molecule has 0 saturated heterocycles. The SMILES string of the molecule is O=c1/c(=C/c2cccc(Cl)c2)sc2n1CN(c1ccc(Br)cc1)CN=2. The third-order valence-electron chi connectivity index (χ3n) is 3.92. The van der Waals surface area contributed by atoms with Crippen LogP contribution in [0.5, 0.6) is 0 Å². The zero-order valence-electron chi connectivity index (χ0n) is 13.0. The van der Waals surface area contributed by atoms with Crippen LogP contribution in [-0.2, 0) is 6.67 Å². The Hall–Kier alpha value is -1.89. The number of hydrogen-bond acceptors (Lipinski definition) is 4. The minimum absolute atomic E-state index is 0.0227. The molecule has 3 aromatic rings. The highest BCUT2D eigenvalue weighted by Gasteiger charge is 2.15. The quantitative estimate of drug-likeness (QED) is 0.621. The maximum Gasteiger partial charge on any atom is 0.271 e. The number of anilines is 1. The van der Waals surface area contributed by atoms with Gasteiger partial charge in [-0.05, 0) is 48.0 Å². The summed E-state index contributed by atoms with van der Waals surface area (Å²) in [6.45, 7) is 1.04. The van der Waals surface area contributed by atoms with Crippen molar-refractivity contribution in [2.75, 3.05) is 11.6 Å². The van der Waals surface area contributed by atoms with Crippen molar-refractivity contribution in [2.45, 2.75) is 6.67 Å². The Morgan fingerprint density at radius 1 is 1.20 bits per heavy atom. The van der Waals surface area contributed by atoms with Crippen LogP contribution >= 0.6 is 38.9 Å². The van der Waals surface area contributed by atoms with E-state index in [-0.39, 0.29) is 5.56 Å². The van der Waals surface area contributed by atoms with E-state index in [9.17, 15) is 4.79 Å². The van der Waals surface area contributed by atoms with E-state index in [0.29, 0.717) is 22.9 Å². The predicted octanol–water partition coefficient (Wildman–Crippen LogP) is 3.21. The highest BCUT2D eigenvalue weighted by Crippen LogP contribution is 2.19. The summed E-state index contributed by atoms with van der Waals surface area (Å²) >= 11 is 10.9. The van der Waals surface area contributed by atoms with Gasteiger partial charge in [-0.15, -0.1) is 0 Å². The standard InChI is InChI=1S/C18H13BrClN3OS/c19-13-4-6-15(7-5-13)22-10-21-18-23(11-22)17(24)16(25-18)9-12-2-1-3-14(20)8-12/h1-9H,10-11H2/b16-9-. The second kappa shape index (κ2) is 6.78. The first-order valence-corrected chi connectivity index (χ1v) is 9.61. The van der Waals surface area contributed by atoms with Gasteiger partial charge in [0.05, 0.1) is 4.53 Å². The lowest BCUT2D eigenvalue weighted by atomic mass is 10.2. The summed E-state index contributed by atoms with van der Waals surface area (Å²) < 4.78 is 3.41. The highest BCUT2D eigenvalue weighted by molar-refractivity contribution is 9.10. The van der Waals surface area contributed by atoms with Crippen LogP contribution in [0.3, 0.4) is 0 Å². The molecule has 0 unspecified atom stereocenters. The van der Waals surface area contributed by atoms with Gasteiger partial charge in [0.15, 0.2) is 4.80 Å². The third kappa shape index (κ3) is 3.42. The minimum Gasteiger partial charge on any atom is -0.334 e. The van der Waals surface area contributed by atoms with Crippen LogP contribution in [0.4, 0.5) is 5.69 Å². The molecule has 0 amide bonds. The van der Waals surface area contributed by atoms with E-state index in [1.165, 1.54) is 11.3 Å². The molecule has 25 heavy (non-hydrogen) atoms. The van der Waals surface area contributed by atoms with Crippen molar-refractivity contribution >= 4 is 50.6 Å². The van der Waals surface area contributed by atoms with E-state index in [1.807, 2.05) is 54.6 Å². The topological polar surface area (TPSA) is 37.6 Å². The highest BCUT2D eigenvalue weighted by atomic mass is 79.9. The maximum absolute atomic E-state index is 12.7. The second-order valence-corrected chi connectivity index (χ2v) is 8.00. The van der Waals surface area contributed by atoms with Crippen molar-refractivity contribution in [3.63, 3.8) is 0 Å². The molecule has 0 radical (unpaired) electrons. The van der Waals surface area contributed by atoms with Crippen molar-refractivity contribution in [3.8, 4) is 0 Å².